The average molecular weight is 466 g/mol. The number of aromatic amines is 1. The minimum atomic E-state index is -2.51. The number of hydrogen-bond acceptors (Lipinski definition) is 6. The summed E-state index contributed by atoms with van der Waals surface area (Å²) in [6.45, 7) is 2.49. The number of nitrogens with zero attached hydrogens (tertiary/aromatic N) is 6. The van der Waals surface area contributed by atoms with Crippen LogP contribution in [0.2, 0.25) is 0 Å². The van der Waals surface area contributed by atoms with Crippen LogP contribution in [0, 0.1) is 0 Å². The van der Waals surface area contributed by atoms with Gasteiger partial charge in [-0.3, -0.25) is 4.79 Å². The maximum absolute atomic E-state index is 12.9. The highest BCUT2D eigenvalue weighted by atomic mass is 19.3. The molecule has 0 spiro atoms. The average Bonchev–Trinajstić information content (AvgIpc) is 3.50. The molecule has 11 heteroatoms. The van der Waals surface area contributed by atoms with Crippen molar-refractivity contribution in [3.63, 3.8) is 0 Å². The lowest BCUT2D eigenvalue weighted by molar-refractivity contribution is -0.136. The number of aromatic nitrogens is 6. The fourth-order valence-electron chi connectivity index (χ4n) is 5.34. The second-order valence-corrected chi connectivity index (χ2v) is 9.42. The van der Waals surface area contributed by atoms with Gasteiger partial charge in [0.2, 0.25) is 11.9 Å². The molecule has 1 aliphatic carbocycles. The number of hydrogen-bond donors (Lipinski definition) is 2. The standard InChI is InChI=1S/C23H24F2N8O/c1-23(32-6-2-3-20(32)34)8-14(9-23)28-22-27-11-16-15(10-26-21(16)29-22)13-4-5-17-18(7-13)33(31-30-17)12-19(24)25/h4-5,7,10-11,14,19H,2-3,6,8-9,12H2,1H3,(H2,26,27,28,29)/t14-,23-. The molecule has 3 aromatic heterocycles. The molecular weight excluding hydrogens is 442 g/mol. The monoisotopic (exact) mass is 466 g/mol. The van der Waals surface area contributed by atoms with Crippen molar-refractivity contribution in [2.45, 2.75) is 57.2 Å². The molecule has 6 rings (SSSR count). The number of anilines is 1. The Labute approximate surface area is 193 Å². The first-order chi connectivity index (χ1) is 16.4. The smallest absolute Gasteiger partial charge is 0.258 e. The Kier molecular flexibility index (Phi) is 4.75. The van der Waals surface area contributed by atoms with Gasteiger partial charge < -0.3 is 15.2 Å². The van der Waals surface area contributed by atoms with E-state index in [1.54, 1.807) is 18.3 Å². The van der Waals surface area contributed by atoms with Crippen LogP contribution in [-0.4, -0.2) is 65.3 Å². The Morgan fingerprint density at radius 2 is 2.18 bits per heavy atom. The topological polar surface area (TPSA) is 105 Å². The zero-order valence-corrected chi connectivity index (χ0v) is 18.6. The second-order valence-electron chi connectivity index (χ2n) is 9.42. The molecule has 176 valence electrons. The Morgan fingerprint density at radius 3 is 2.94 bits per heavy atom. The molecule has 1 amide bonds. The van der Waals surface area contributed by atoms with Crippen molar-refractivity contribution in [2.75, 3.05) is 11.9 Å². The largest absolute Gasteiger partial charge is 0.351 e. The van der Waals surface area contributed by atoms with Crippen LogP contribution in [0.1, 0.15) is 32.6 Å². The van der Waals surface area contributed by atoms with Gasteiger partial charge in [0, 0.05) is 47.9 Å². The van der Waals surface area contributed by atoms with Gasteiger partial charge in [0.05, 0.1) is 5.52 Å². The van der Waals surface area contributed by atoms with E-state index in [4.69, 9.17) is 0 Å². The van der Waals surface area contributed by atoms with E-state index >= 15 is 0 Å². The summed E-state index contributed by atoms with van der Waals surface area (Å²) >= 11 is 0. The number of nitrogens with one attached hydrogen (secondary N) is 2. The zero-order chi connectivity index (χ0) is 23.4. The van der Waals surface area contributed by atoms with Gasteiger partial charge in [-0.15, -0.1) is 5.10 Å². The molecule has 9 nitrogen and oxygen atoms in total. The Morgan fingerprint density at radius 1 is 1.32 bits per heavy atom. The fraction of sp³-hybridized carbons (Fsp3) is 0.435. The molecule has 1 aliphatic heterocycles. The summed E-state index contributed by atoms with van der Waals surface area (Å²) in [6, 6.07) is 5.68. The second kappa shape index (κ2) is 7.71. The SMILES string of the molecule is C[C@]1(N2CCCC2=O)C[C@H](Nc2ncc3c(-c4ccc5nnn(CC(F)F)c5c4)c[nH]c3n2)C1. The first kappa shape index (κ1) is 20.9. The number of rotatable bonds is 6. The molecule has 1 saturated carbocycles. The van der Waals surface area contributed by atoms with E-state index in [2.05, 4.69) is 37.5 Å². The minimum Gasteiger partial charge on any atom is -0.351 e. The normalized spacial score (nSPS) is 22.8. The lowest BCUT2D eigenvalue weighted by atomic mass is 9.73. The number of halogens is 2. The third kappa shape index (κ3) is 3.46. The lowest BCUT2D eigenvalue weighted by Crippen LogP contribution is -2.59. The molecule has 34 heavy (non-hydrogen) atoms. The van der Waals surface area contributed by atoms with Crippen LogP contribution in [0.4, 0.5) is 14.7 Å². The van der Waals surface area contributed by atoms with Crippen molar-refractivity contribution in [1.82, 2.24) is 34.8 Å². The number of carbonyl (C=O) groups excluding carboxylic acids is 1. The summed E-state index contributed by atoms with van der Waals surface area (Å²) in [5.74, 6) is 0.791. The Bertz CT molecular complexity index is 1390. The summed E-state index contributed by atoms with van der Waals surface area (Å²) in [4.78, 5) is 26.4. The van der Waals surface area contributed by atoms with Crippen LogP contribution >= 0.6 is 0 Å². The van der Waals surface area contributed by atoms with E-state index in [1.165, 1.54) is 4.68 Å². The molecule has 4 heterocycles. The molecular formula is C23H24F2N8O. The zero-order valence-electron chi connectivity index (χ0n) is 18.6. The Balaban J connectivity index is 1.21. The lowest BCUT2D eigenvalue weighted by Gasteiger charge is -2.51. The minimum absolute atomic E-state index is 0.0840. The molecule has 0 bridgehead atoms. The van der Waals surface area contributed by atoms with Gasteiger partial charge in [-0.25, -0.2) is 18.4 Å². The molecule has 2 fully saturated rings. The molecule has 1 saturated heterocycles. The highest BCUT2D eigenvalue weighted by Gasteiger charge is 2.48. The number of benzene rings is 1. The van der Waals surface area contributed by atoms with E-state index in [0.717, 1.165) is 42.3 Å². The van der Waals surface area contributed by atoms with Crippen LogP contribution in [0.25, 0.3) is 33.2 Å². The number of carbonyl (C=O) groups is 1. The van der Waals surface area contributed by atoms with Gasteiger partial charge in [0.25, 0.3) is 6.43 Å². The number of amides is 1. The van der Waals surface area contributed by atoms with Crippen molar-refractivity contribution in [3.05, 3.63) is 30.6 Å². The van der Waals surface area contributed by atoms with Crippen molar-refractivity contribution in [2.24, 2.45) is 0 Å². The van der Waals surface area contributed by atoms with Gasteiger partial charge in [-0.2, -0.15) is 4.98 Å². The number of alkyl halides is 2. The maximum Gasteiger partial charge on any atom is 0.258 e. The van der Waals surface area contributed by atoms with E-state index in [-0.39, 0.29) is 17.5 Å². The summed E-state index contributed by atoms with van der Waals surface area (Å²) in [6.07, 6.45) is 4.43. The van der Waals surface area contributed by atoms with E-state index < -0.39 is 13.0 Å². The van der Waals surface area contributed by atoms with Crippen LogP contribution in [0.15, 0.2) is 30.6 Å². The third-order valence-electron chi connectivity index (χ3n) is 7.00. The quantitative estimate of drug-likeness (QED) is 0.450. The van der Waals surface area contributed by atoms with Crippen molar-refractivity contribution >= 4 is 33.9 Å². The summed E-state index contributed by atoms with van der Waals surface area (Å²) in [7, 11) is 0. The first-order valence-corrected chi connectivity index (χ1v) is 11.4. The Hall–Kier alpha value is -3.63. The molecule has 2 N–H and O–H groups in total. The molecule has 1 aromatic carbocycles. The van der Waals surface area contributed by atoms with Gasteiger partial charge >= 0.3 is 0 Å². The fourth-order valence-corrected chi connectivity index (χ4v) is 5.34. The highest BCUT2D eigenvalue weighted by Crippen LogP contribution is 2.41. The molecule has 0 radical (unpaired) electrons. The summed E-state index contributed by atoms with van der Waals surface area (Å²) < 4.78 is 27.0. The van der Waals surface area contributed by atoms with Crippen molar-refractivity contribution in [1.29, 1.82) is 0 Å². The van der Waals surface area contributed by atoms with Gasteiger partial charge in [-0.1, -0.05) is 11.3 Å². The number of H-pyrrole nitrogens is 1. The summed E-state index contributed by atoms with van der Waals surface area (Å²) in [5, 5.41) is 12.0. The van der Waals surface area contributed by atoms with E-state index in [9.17, 15) is 13.6 Å². The molecule has 2 aliphatic rings. The van der Waals surface area contributed by atoms with Crippen molar-refractivity contribution in [3.8, 4) is 11.1 Å². The molecule has 0 atom stereocenters. The summed E-state index contributed by atoms with van der Waals surface area (Å²) in [5.41, 5.74) is 3.43. The van der Waals surface area contributed by atoms with Crippen LogP contribution in [0.5, 0.6) is 0 Å². The predicted octanol–water partition coefficient (Wildman–Crippen LogP) is 3.59. The highest BCUT2D eigenvalue weighted by molar-refractivity contribution is 5.95. The van der Waals surface area contributed by atoms with Crippen molar-refractivity contribution < 1.29 is 13.6 Å². The van der Waals surface area contributed by atoms with Gasteiger partial charge in [-0.05, 0) is 43.9 Å². The van der Waals surface area contributed by atoms with Crippen LogP contribution in [0.3, 0.4) is 0 Å². The first-order valence-electron chi connectivity index (χ1n) is 11.4. The maximum atomic E-state index is 12.9. The third-order valence-corrected chi connectivity index (χ3v) is 7.00. The molecule has 4 aromatic rings. The van der Waals surface area contributed by atoms with Gasteiger partial charge in [0.1, 0.15) is 17.7 Å². The van der Waals surface area contributed by atoms with E-state index in [0.29, 0.717) is 29.0 Å². The van der Waals surface area contributed by atoms with Crippen LogP contribution in [-0.2, 0) is 11.3 Å². The predicted molar refractivity (Wildman–Crippen MR) is 122 cm³/mol. The van der Waals surface area contributed by atoms with Crippen LogP contribution < -0.4 is 5.32 Å². The molecule has 0 unspecified atom stereocenters. The number of likely N-dealkylation sites (tertiary alicyclic amines) is 1. The number of fused-ring (bicyclic) bond motifs is 2. The van der Waals surface area contributed by atoms with Gasteiger partial charge in [0.15, 0.2) is 0 Å². The van der Waals surface area contributed by atoms with E-state index in [1.807, 2.05) is 17.2 Å².